The second kappa shape index (κ2) is 11.3. The van der Waals surface area contributed by atoms with Gasteiger partial charge in [-0.3, -0.25) is 9.10 Å². The number of carbonyl (C=O) groups excluding carboxylic acids is 1. The lowest BCUT2D eigenvalue weighted by Gasteiger charge is -2.25. The molecular weight excluding hydrogens is 476 g/mol. The summed E-state index contributed by atoms with van der Waals surface area (Å²) in [6, 6.07) is 19.3. The van der Waals surface area contributed by atoms with E-state index in [4.69, 9.17) is 21.1 Å². The maximum Gasteiger partial charge on any atom is 0.264 e. The van der Waals surface area contributed by atoms with E-state index < -0.39 is 22.5 Å². The quantitative estimate of drug-likeness (QED) is 0.429. The van der Waals surface area contributed by atoms with Crippen molar-refractivity contribution < 1.29 is 22.7 Å². The number of methoxy groups -OCH3 is 1. The Bertz CT molecular complexity index is 1200. The van der Waals surface area contributed by atoms with Crippen molar-refractivity contribution in [1.29, 1.82) is 0 Å². The molecule has 0 fully saturated rings. The van der Waals surface area contributed by atoms with Crippen LogP contribution in [0.4, 0.5) is 5.69 Å². The lowest BCUT2D eigenvalue weighted by Crippen LogP contribution is -2.41. The molecule has 34 heavy (non-hydrogen) atoms. The van der Waals surface area contributed by atoms with Crippen molar-refractivity contribution in [1.82, 2.24) is 5.32 Å². The minimum atomic E-state index is -4.04. The summed E-state index contributed by atoms with van der Waals surface area (Å²) in [5, 5.41) is 3.28. The van der Waals surface area contributed by atoms with E-state index in [2.05, 4.69) is 5.32 Å². The summed E-state index contributed by atoms with van der Waals surface area (Å²) in [6.07, 6.45) is 0. The molecule has 0 aliphatic heterocycles. The normalized spacial score (nSPS) is 12.0. The Kier molecular flexibility index (Phi) is 8.41. The Hall–Kier alpha value is -3.23. The maximum atomic E-state index is 13.5. The zero-order valence-electron chi connectivity index (χ0n) is 19.2. The molecule has 0 saturated heterocycles. The van der Waals surface area contributed by atoms with E-state index in [1.165, 1.54) is 24.3 Å². The van der Waals surface area contributed by atoms with E-state index in [9.17, 15) is 13.2 Å². The molecule has 0 unspecified atom stereocenters. The highest BCUT2D eigenvalue weighted by Gasteiger charge is 2.28. The number of ether oxygens (including phenoxy) is 2. The standard InChI is InChI=1S/C25H27ClN2O5S/c1-4-33-23-13-9-21(10-14-23)28(34(30,31)24-15-7-20(26)8-16-24)17-25(29)27-18(2)19-5-11-22(32-3)12-6-19/h5-16,18H,4,17H2,1-3H3,(H,27,29)/t18-/m0/s1. The minimum absolute atomic E-state index is 0.0294. The first-order chi connectivity index (χ1) is 16.2. The molecule has 1 amide bonds. The fraction of sp³-hybridized carbons (Fsp3) is 0.240. The van der Waals surface area contributed by atoms with Gasteiger partial charge in [-0.15, -0.1) is 0 Å². The highest BCUT2D eigenvalue weighted by molar-refractivity contribution is 7.92. The lowest BCUT2D eigenvalue weighted by atomic mass is 10.1. The Morgan fingerprint density at radius 3 is 2.12 bits per heavy atom. The Morgan fingerprint density at radius 2 is 1.56 bits per heavy atom. The number of anilines is 1. The van der Waals surface area contributed by atoms with Gasteiger partial charge >= 0.3 is 0 Å². The lowest BCUT2D eigenvalue weighted by molar-refractivity contribution is -0.120. The number of halogens is 1. The summed E-state index contributed by atoms with van der Waals surface area (Å²) in [4.78, 5) is 13.0. The van der Waals surface area contributed by atoms with Crippen LogP contribution in [0.25, 0.3) is 0 Å². The molecule has 0 aliphatic rings. The molecule has 7 nitrogen and oxygen atoms in total. The van der Waals surface area contributed by atoms with Crippen LogP contribution in [0.5, 0.6) is 11.5 Å². The number of rotatable bonds is 10. The fourth-order valence-corrected chi connectivity index (χ4v) is 4.86. The number of carbonyl (C=O) groups is 1. The van der Waals surface area contributed by atoms with Gasteiger partial charge in [0.25, 0.3) is 10.0 Å². The molecule has 9 heteroatoms. The van der Waals surface area contributed by atoms with E-state index >= 15 is 0 Å². The Balaban J connectivity index is 1.86. The van der Waals surface area contributed by atoms with Crippen LogP contribution in [-0.2, 0) is 14.8 Å². The van der Waals surface area contributed by atoms with Crippen molar-refractivity contribution in [3.8, 4) is 11.5 Å². The first-order valence-electron chi connectivity index (χ1n) is 10.7. The van der Waals surface area contributed by atoms with Gasteiger partial charge in [-0.1, -0.05) is 23.7 Å². The SMILES string of the molecule is CCOc1ccc(N(CC(=O)N[C@@H](C)c2ccc(OC)cc2)S(=O)(=O)c2ccc(Cl)cc2)cc1. The molecule has 0 aromatic heterocycles. The molecular formula is C25H27ClN2O5S. The molecule has 0 aliphatic carbocycles. The van der Waals surface area contributed by atoms with Crippen molar-refractivity contribution in [2.45, 2.75) is 24.8 Å². The first-order valence-corrected chi connectivity index (χ1v) is 12.5. The minimum Gasteiger partial charge on any atom is -0.497 e. The van der Waals surface area contributed by atoms with Crippen molar-refractivity contribution in [2.75, 3.05) is 24.6 Å². The maximum absolute atomic E-state index is 13.5. The monoisotopic (exact) mass is 502 g/mol. The van der Waals surface area contributed by atoms with Crippen LogP contribution in [0, 0.1) is 0 Å². The molecule has 0 heterocycles. The largest absolute Gasteiger partial charge is 0.497 e. The number of nitrogens with one attached hydrogen (secondary N) is 1. The molecule has 1 N–H and O–H groups in total. The summed E-state index contributed by atoms with van der Waals surface area (Å²) in [6.45, 7) is 3.77. The summed E-state index contributed by atoms with van der Waals surface area (Å²) < 4.78 is 38.6. The summed E-state index contributed by atoms with van der Waals surface area (Å²) in [5.74, 6) is 0.862. The van der Waals surface area contributed by atoms with E-state index in [0.29, 0.717) is 28.8 Å². The molecule has 180 valence electrons. The number of hydrogen-bond acceptors (Lipinski definition) is 5. The average molecular weight is 503 g/mol. The van der Waals surface area contributed by atoms with Gasteiger partial charge in [0.2, 0.25) is 5.91 Å². The second-order valence-electron chi connectivity index (χ2n) is 7.45. The molecule has 0 bridgehead atoms. The third kappa shape index (κ3) is 6.21. The van der Waals surface area contributed by atoms with E-state index in [1.807, 2.05) is 26.0 Å². The smallest absolute Gasteiger partial charge is 0.264 e. The van der Waals surface area contributed by atoms with E-state index in [0.717, 1.165) is 9.87 Å². The number of nitrogens with zero attached hydrogens (tertiary/aromatic N) is 1. The third-order valence-electron chi connectivity index (χ3n) is 5.12. The summed E-state index contributed by atoms with van der Waals surface area (Å²) in [5.41, 5.74) is 1.20. The number of hydrogen-bond donors (Lipinski definition) is 1. The second-order valence-corrected chi connectivity index (χ2v) is 9.75. The van der Waals surface area contributed by atoms with Crippen molar-refractivity contribution >= 4 is 33.2 Å². The van der Waals surface area contributed by atoms with Crippen LogP contribution >= 0.6 is 11.6 Å². The number of sulfonamides is 1. The van der Waals surface area contributed by atoms with Gasteiger partial charge in [0, 0.05) is 5.02 Å². The van der Waals surface area contributed by atoms with Gasteiger partial charge in [-0.05, 0) is 80.1 Å². The van der Waals surface area contributed by atoms with Gasteiger partial charge in [0.15, 0.2) is 0 Å². The summed E-state index contributed by atoms with van der Waals surface area (Å²) >= 11 is 5.93. The van der Waals surface area contributed by atoms with Gasteiger partial charge in [0.05, 0.1) is 30.3 Å². The van der Waals surface area contributed by atoms with Gasteiger partial charge < -0.3 is 14.8 Å². The molecule has 0 saturated carbocycles. The first kappa shape index (κ1) is 25.4. The number of benzene rings is 3. The fourth-order valence-electron chi connectivity index (χ4n) is 3.32. The predicted octanol–water partition coefficient (Wildman–Crippen LogP) is 4.82. The van der Waals surface area contributed by atoms with Crippen molar-refractivity contribution in [2.24, 2.45) is 0 Å². The highest BCUT2D eigenvalue weighted by Crippen LogP contribution is 2.27. The van der Waals surface area contributed by atoms with Crippen LogP contribution in [0.3, 0.4) is 0 Å². The van der Waals surface area contributed by atoms with Crippen LogP contribution in [-0.4, -0.2) is 34.6 Å². The molecule has 0 radical (unpaired) electrons. The van der Waals surface area contributed by atoms with Gasteiger partial charge in [-0.2, -0.15) is 0 Å². The van der Waals surface area contributed by atoms with Gasteiger partial charge in [0.1, 0.15) is 18.0 Å². The van der Waals surface area contributed by atoms with Crippen molar-refractivity contribution in [3.63, 3.8) is 0 Å². The van der Waals surface area contributed by atoms with Crippen LogP contribution < -0.4 is 19.1 Å². The molecule has 3 aromatic carbocycles. The van der Waals surface area contributed by atoms with E-state index in [-0.39, 0.29) is 10.9 Å². The Morgan fingerprint density at radius 1 is 0.971 bits per heavy atom. The predicted molar refractivity (Wildman–Crippen MR) is 133 cm³/mol. The molecule has 3 rings (SSSR count). The topological polar surface area (TPSA) is 84.9 Å². The van der Waals surface area contributed by atoms with E-state index in [1.54, 1.807) is 43.5 Å². The molecule has 1 atom stereocenters. The van der Waals surface area contributed by atoms with Crippen LogP contribution in [0.2, 0.25) is 5.02 Å². The average Bonchev–Trinajstić information content (AvgIpc) is 2.83. The van der Waals surface area contributed by atoms with Crippen LogP contribution in [0.1, 0.15) is 25.5 Å². The van der Waals surface area contributed by atoms with Crippen LogP contribution in [0.15, 0.2) is 77.7 Å². The third-order valence-corrected chi connectivity index (χ3v) is 7.16. The van der Waals surface area contributed by atoms with Gasteiger partial charge in [-0.25, -0.2) is 8.42 Å². The molecule has 3 aromatic rings. The zero-order chi connectivity index (χ0) is 24.7. The summed E-state index contributed by atoms with van der Waals surface area (Å²) in [7, 11) is -2.46. The zero-order valence-corrected chi connectivity index (χ0v) is 20.8. The highest BCUT2D eigenvalue weighted by atomic mass is 35.5. The van der Waals surface area contributed by atoms with Crippen molar-refractivity contribution in [3.05, 3.63) is 83.4 Å². The Labute approximate surface area is 205 Å². The molecule has 0 spiro atoms. The number of amides is 1.